The van der Waals surface area contributed by atoms with Gasteiger partial charge in [-0.05, 0) is 64.3 Å². The second-order valence-corrected chi connectivity index (χ2v) is 7.79. The van der Waals surface area contributed by atoms with Crippen LogP contribution in [0, 0.1) is 0 Å². The number of nitrogens with two attached hydrogens (primary N) is 1. The van der Waals surface area contributed by atoms with Gasteiger partial charge in [-0.2, -0.15) is 0 Å². The van der Waals surface area contributed by atoms with Crippen molar-refractivity contribution in [2.24, 2.45) is 0 Å². The van der Waals surface area contributed by atoms with Crippen molar-refractivity contribution in [3.8, 4) is 17.1 Å². The summed E-state index contributed by atoms with van der Waals surface area (Å²) in [5.41, 5.74) is 0.852. The molecule has 2 aromatic rings. The van der Waals surface area contributed by atoms with Crippen molar-refractivity contribution in [3.63, 3.8) is 0 Å². The van der Waals surface area contributed by atoms with Gasteiger partial charge in [0, 0.05) is 17.6 Å². The average Bonchev–Trinajstić information content (AvgIpc) is 3.01. The summed E-state index contributed by atoms with van der Waals surface area (Å²) >= 11 is 1.33. The van der Waals surface area contributed by atoms with E-state index in [2.05, 4.69) is 24.0 Å². The van der Waals surface area contributed by atoms with Crippen molar-refractivity contribution >= 4 is 17.7 Å². The van der Waals surface area contributed by atoms with E-state index in [-0.39, 0.29) is 18.0 Å². The van der Waals surface area contributed by atoms with Gasteiger partial charge in [-0.15, -0.1) is 10.2 Å². The molecule has 0 aliphatic carbocycles. The Hall–Kier alpha value is -2.22. The summed E-state index contributed by atoms with van der Waals surface area (Å²) in [6.45, 7) is 6.80. The molecule has 0 radical (unpaired) electrons. The molecule has 27 heavy (non-hydrogen) atoms. The highest BCUT2D eigenvalue weighted by Gasteiger charge is 2.29. The minimum atomic E-state index is 0.130. The summed E-state index contributed by atoms with van der Waals surface area (Å²) in [6, 6.07) is 8.13. The second-order valence-electron chi connectivity index (χ2n) is 6.85. The summed E-state index contributed by atoms with van der Waals surface area (Å²) in [6.07, 6.45) is 3.31. The highest BCUT2D eigenvalue weighted by Crippen LogP contribution is 2.26. The van der Waals surface area contributed by atoms with Crippen molar-refractivity contribution in [2.45, 2.75) is 57.3 Å². The first-order valence-corrected chi connectivity index (χ1v) is 10.4. The number of benzene rings is 1. The number of likely N-dealkylation sites (tertiary alicyclic amines) is 1. The molecule has 1 aromatic heterocycles. The predicted octanol–water partition coefficient (Wildman–Crippen LogP) is 2.94. The van der Waals surface area contributed by atoms with Gasteiger partial charge in [-0.3, -0.25) is 4.79 Å². The molecule has 8 heteroatoms. The Kier molecular flexibility index (Phi) is 6.26. The molecule has 0 saturated carbocycles. The fourth-order valence-corrected chi connectivity index (χ4v) is 4.28. The van der Waals surface area contributed by atoms with Gasteiger partial charge < -0.3 is 15.5 Å². The lowest BCUT2D eigenvalue weighted by atomic mass is 9.98. The van der Waals surface area contributed by atoms with Crippen LogP contribution < -0.4 is 10.6 Å². The fourth-order valence-electron chi connectivity index (χ4n) is 3.55. The van der Waals surface area contributed by atoms with Gasteiger partial charge in [0.25, 0.3) is 0 Å². The zero-order chi connectivity index (χ0) is 19.4. The third-order valence-corrected chi connectivity index (χ3v) is 5.82. The number of ether oxygens (including phenoxy) is 1. The van der Waals surface area contributed by atoms with E-state index in [1.165, 1.54) is 22.9 Å². The highest BCUT2D eigenvalue weighted by molar-refractivity contribution is 7.99. The van der Waals surface area contributed by atoms with E-state index in [4.69, 9.17) is 10.6 Å². The fraction of sp³-hybridized carbons (Fsp3) is 0.526. The molecular formula is C19H27N5O2S. The van der Waals surface area contributed by atoms with Crippen LogP contribution in [0.3, 0.4) is 0 Å². The van der Waals surface area contributed by atoms with Crippen molar-refractivity contribution < 1.29 is 9.53 Å². The maximum atomic E-state index is 12.7. The molecule has 1 aliphatic rings. The summed E-state index contributed by atoms with van der Waals surface area (Å²) in [5, 5.41) is 8.87. The van der Waals surface area contributed by atoms with Gasteiger partial charge >= 0.3 is 0 Å². The van der Waals surface area contributed by atoms with Crippen LogP contribution in [0.25, 0.3) is 11.4 Å². The topological polar surface area (TPSA) is 86.3 Å². The third-order valence-electron chi connectivity index (χ3n) is 4.89. The molecule has 1 amide bonds. The first-order chi connectivity index (χ1) is 13.0. The second kappa shape index (κ2) is 8.65. The number of thioether (sulfide) groups is 1. The van der Waals surface area contributed by atoms with E-state index >= 15 is 0 Å². The van der Waals surface area contributed by atoms with Crippen LogP contribution in [0.15, 0.2) is 29.4 Å². The van der Waals surface area contributed by atoms with E-state index in [1.54, 1.807) is 0 Å². The van der Waals surface area contributed by atoms with E-state index in [0.717, 1.165) is 24.2 Å². The molecule has 1 fully saturated rings. The van der Waals surface area contributed by atoms with Gasteiger partial charge in [0.15, 0.2) is 5.82 Å². The zero-order valence-electron chi connectivity index (χ0n) is 16.1. The largest absolute Gasteiger partial charge is 0.494 e. The van der Waals surface area contributed by atoms with Crippen LogP contribution in [0.1, 0.15) is 40.0 Å². The van der Waals surface area contributed by atoms with Gasteiger partial charge in [0.2, 0.25) is 11.1 Å². The van der Waals surface area contributed by atoms with Gasteiger partial charge in [0.1, 0.15) is 5.75 Å². The lowest BCUT2D eigenvalue weighted by molar-refractivity contribution is -0.134. The number of hydrogen-bond donors (Lipinski definition) is 1. The molecule has 1 aromatic carbocycles. The molecular weight excluding hydrogens is 362 g/mol. The number of aromatic nitrogens is 3. The number of nitrogen functional groups attached to an aromatic ring is 1. The lowest BCUT2D eigenvalue weighted by Crippen LogP contribution is -2.48. The first-order valence-electron chi connectivity index (χ1n) is 9.39. The summed E-state index contributed by atoms with van der Waals surface area (Å²) in [5.74, 6) is 7.97. The number of rotatable bonds is 6. The van der Waals surface area contributed by atoms with Crippen molar-refractivity contribution in [1.82, 2.24) is 19.8 Å². The van der Waals surface area contributed by atoms with Gasteiger partial charge in [0.05, 0.1) is 12.4 Å². The Morgan fingerprint density at radius 2 is 1.89 bits per heavy atom. The smallest absolute Gasteiger partial charge is 0.233 e. The third kappa shape index (κ3) is 4.37. The van der Waals surface area contributed by atoms with E-state index in [1.807, 2.05) is 36.1 Å². The highest BCUT2D eigenvalue weighted by atomic mass is 32.2. The van der Waals surface area contributed by atoms with Gasteiger partial charge in [-0.1, -0.05) is 11.8 Å². The first kappa shape index (κ1) is 19.5. The zero-order valence-corrected chi connectivity index (χ0v) is 16.9. The summed E-state index contributed by atoms with van der Waals surface area (Å²) in [4.78, 5) is 14.7. The predicted molar refractivity (Wildman–Crippen MR) is 107 cm³/mol. The lowest BCUT2D eigenvalue weighted by Gasteiger charge is -2.39. The molecule has 0 bridgehead atoms. The quantitative estimate of drug-likeness (QED) is 0.604. The molecule has 146 valence electrons. The normalized spacial score (nSPS) is 19.9. The van der Waals surface area contributed by atoms with E-state index in [9.17, 15) is 4.79 Å². The molecule has 7 nitrogen and oxygen atoms in total. The minimum Gasteiger partial charge on any atom is -0.494 e. The molecule has 1 saturated heterocycles. The van der Waals surface area contributed by atoms with Crippen LogP contribution in [0.2, 0.25) is 0 Å². The van der Waals surface area contributed by atoms with Crippen LogP contribution in [-0.4, -0.2) is 50.1 Å². The van der Waals surface area contributed by atoms with Crippen molar-refractivity contribution in [1.29, 1.82) is 0 Å². The van der Waals surface area contributed by atoms with Crippen LogP contribution in [-0.2, 0) is 4.79 Å². The number of amides is 1. The monoisotopic (exact) mass is 389 g/mol. The molecule has 2 N–H and O–H groups in total. The number of carbonyl (C=O) groups is 1. The van der Waals surface area contributed by atoms with E-state index < -0.39 is 0 Å². The Bertz CT molecular complexity index is 767. The molecule has 0 unspecified atom stereocenters. The number of hydrogen-bond acceptors (Lipinski definition) is 6. The maximum Gasteiger partial charge on any atom is 0.233 e. The minimum absolute atomic E-state index is 0.130. The van der Waals surface area contributed by atoms with Crippen LogP contribution in [0.4, 0.5) is 0 Å². The molecule has 2 atom stereocenters. The van der Waals surface area contributed by atoms with Crippen molar-refractivity contribution in [3.05, 3.63) is 24.3 Å². The standard InChI is InChI=1S/C19H27N5O2S/c1-4-26-16-10-8-15(9-11-16)18-21-22-19(24(18)20)27-12-17(25)23-13(2)6-5-7-14(23)3/h8-11,13-14H,4-7,12,20H2,1-3H3/t13-,14-/m1/s1. The maximum absolute atomic E-state index is 12.7. The van der Waals surface area contributed by atoms with E-state index in [0.29, 0.717) is 23.3 Å². The Balaban J connectivity index is 1.66. The summed E-state index contributed by atoms with van der Waals surface area (Å²) in [7, 11) is 0. The Morgan fingerprint density at radius 3 is 2.52 bits per heavy atom. The molecule has 3 rings (SSSR count). The van der Waals surface area contributed by atoms with Crippen LogP contribution in [0.5, 0.6) is 5.75 Å². The summed E-state index contributed by atoms with van der Waals surface area (Å²) < 4.78 is 6.89. The van der Waals surface area contributed by atoms with Gasteiger partial charge in [-0.25, -0.2) is 4.68 Å². The number of piperidine rings is 1. The number of nitrogens with zero attached hydrogens (tertiary/aromatic N) is 4. The SMILES string of the molecule is CCOc1ccc(-c2nnc(SCC(=O)N3[C@H](C)CCC[C@H]3C)n2N)cc1. The Labute approximate surface area is 164 Å². The molecule has 0 spiro atoms. The number of carbonyl (C=O) groups excluding carboxylic acids is 1. The van der Waals surface area contributed by atoms with Crippen LogP contribution >= 0.6 is 11.8 Å². The molecule has 2 heterocycles. The van der Waals surface area contributed by atoms with Crippen molar-refractivity contribution in [2.75, 3.05) is 18.2 Å². The average molecular weight is 390 g/mol. The Morgan fingerprint density at radius 1 is 1.22 bits per heavy atom. The molecule has 1 aliphatic heterocycles.